The van der Waals surface area contributed by atoms with Crippen LogP contribution in [0.5, 0.6) is 0 Å². The van der Waals surface area contributed by atoms with Crippen LogP contribution in [0.4, 0.5) is 0 Å². The lowest BCUT2D eigenvalue weighted by Gasteiger charge is -2.10. The summed E-state index contributed by atoms with van der Waals surface area (Å²) in [6, 6.07) is 9.16. The third-order valence-electron chi connectivity index (χ3n) is 3.94. The van der Waals surface area contributed by atoms with Crippen LogP contribution in [0.1, 0.15) is 24.8 Å². The number of para-hydroxylation sites is 1. The molecule has 0 unspecified atom stereocenters. The fourth-order valence-corrected chi connectivity index (χ4v) is 3.36. The van der Waals surface area contributed by atoms with Crippen molar-refractivity contribution in [2.45, 2.75) is 38.4 Å². The Morgan fingerprint density at radius 3 is 2.81 bits per heavy atom. The van der Waals surface area contributed by atoms with Crippen molar-refractivity contribution in [3.63, 3.8) is 0 Å². The largest absolute Gasteiger partial charge is 0.347 e. The quantitative estimate of drug-likeness (QED) is 0.854. The van der Waals surface area contributed by atoms with Gasteiger partial charge in [0.25, 0.3) is 0 Å². The van der Waals surface area contributed by atoms with E-state index in [9.17, 15) is 8.42 Å². The Kier molecular flexibility index (Phi) is 4.04. The van der Waals surface area contributed by atoms with Crippen LogP contribution < -0.4 is 5.32 Å². The fraction of sp³-hybridized carbons (Fsp3) is 0.500. The zero-order chi connectivity index (χ0) is 14.9. The van der Waals surface area contributed by atoms with Gasteiger partial charge in [-0.1, -0.05) is 18.2 Å². The van der Waals surface area contributed by atoms with Gasteiger partial charge in [-0.2, -0.15) is 0 Å². The smallest absolute Gasteiger partial charge is 0.147 e. The van der Waals surface area contributed by atoms with Crippen molar-refractivity contribution in [2.24, 2.45) is 0 Å². The zero-order valence-electron chi connectivity index (χ0n) is 12.4. The van der Waals surface area contributed by atoms with E-state index in [1.807, 2.05) is 0 Å². The van der Waals surface area contributed by atoms with Gasteiger partial charge in [-0.25, -0.2) is 8.42 Å². The molecule has 0 amide bonds. The maximum Gasteiger partial charge on any atom is 0.147 e. The summed E-state index contributed by atoms with van der Waals surface area (Å²) >= 11 is 0. The van der Waals surface area contributed by atoms with E-state index in [4.69, 9.17) is 0 Å². The van der Waals surface area contributed by atoms with Gasteiger partial charge in [0.05, 0.1) is 11.3 Å². The van der Waals surface area contributed by atoms with Crippen molar-refractivity contribution < 1.29 is 8.42 Å². The molecule has 0 radical (unpaired) electrons. The van der Waals surface area contributed by atoms with Gasteiger partial charge >= 0.3 is 0 Å². The first-order chi connectivity index (χ1) is 10.0. The van der Waals surface area contributed by atoms with Crippen LogP contribution in [0.15, 0.2) is 30.5 Å². The summed E-state index contributed by atoms with van der Waals surface area (Å²) in [5.41, 5.74) is 2.53. The number of aromatic nitrogens is 1. The van der Waals surface area contributed by atoms with Gasteiger partial charge in [0, 0.05) is 31.6 Å². The molecule has 0 bridgehead atoms. The number of nitrogens with zero attached hydrogens (tertiary/aromatic N) is 1. The van der Waals surface area contributed by atoms with Gasteiger partial charge in [-0.3, -0.25) is 0 Å². The molecule has 0 saturated heterocycles. The Morgan fingerprint density at radius 2 is 2.10 bits per heavy atom. The van der Waals surface area contributed by atoms with Crippen LogP contribution in [-0.2, 0) is 22.9 Å². The monoisotopic (exact) mass is 306 g/mol. The Bertz CT molecular complexity index is 730. The summed E-state index contributed by atoms with van der Waals surface area (Å²) in [4.78, 5) is 0. The van der Waals surface area contributed by atoms with Crippen LogP contribution in [0.3, 0.4) is 0 Å². The van der Waals surface area contributed by atoms with Crippen molar-refractivity contribution in [1.82, 2.24) is 9.88 Å². The molecule has 0 atom stereocenters. The summed E-state index contributed by atoms with van der Waals surface area (Å²) in [5.74, 6) is 0.245. The Balaban J connectivity index is 1.77. The normalized spacial score (nSPS) is 15.7. The van der Waals surface area contributed by atoms with E-state index in [2.05, 4.69) is 40.3 Å². The molecule has 1 aliphatic carbocycles. The van der Waals surface area contributed by atoms with E-state index in [0.717, 1.165) is 13.1 Å². The second-order valence-electron chi connectivity index (χ2n) is 6.00. The van der Waals surface area contributed by atoms with Gasteiger partial charge in [0.2, 0.25) is 0 Å². The Morgan fingerprint density at radius 1 is 1.29 bits per heavy atom. The van der Waals surface area contributed by atoms with E-state index in [1.54, 1.807) is 0 Å². The maximum absolute atomic E-state index is 11.3. The first kappa shape index (κ1) is 14.6. The molecule has 3 rings (SSSR count). The van der Waals surface area contributed by atoms with Gasteiger partial charge in [0.1, 0.15) is 9.84 Å². The Labute approximate surface area is 126 Å². The summed E-state index contributed by atoms with van der Waals surface area (Å²) < 4.78 is 24.7. The highest BCUT2D eigenvalue weighted by molar-refractivity contribution is 7.90. The second-order valence-corrected chi connectivity index (χ2v) is 8.26. The molecular weight excluding hydrogens is 284 g/mol. The third-order valence-corrected chi connectivity index (χ3v) is 4.97. The van der Waals surface area contributed by atoms with Crippen molar-refractivity contribution >= 4 is 20.7 Å². The van der Waals surface area contributed by atoms with E-state index in [1.165, 1.54) is 35.6 Å². The van der Waals surface area contributed by atoms with Gasteiger partial charge < -0.3 is 9.88 Å². The molecule has 21 heavy (non-hydrogen) atoms. The number of sulfone groups is 1. The molecule has 114 valence electrons. The predicted octanol–water partition coefficient (Wildman–Crippen LogP) is 2.33. The number of rotatable bonds is 7. The highest BCUT2D eigenvalue weighted by Crippen LogP contribution is 2.23. The molecule has 1 fully saturated rings. The minimum atomic E-state index is -2.88. The molecule has 1 aliphatic rings. The summed E-state index contributed by atoms with van der Waals surface area (Å²) in [6.07, 6.45) is 6.59. The van der Waals surface area contributed by atoms with E-state index < -0.39 is 9.84 Å². The number of hydrogen-bond acceptors (Lipinski definition) is 3. The lowest BCUT2D eigenvalue weighted by atomic mass is 10.1. The molecule has 0 aliphatic heterocycles. The van der Waals surface area contributed by atoms with Crippen molar-refractivity contribution in [1.29, 1.82) is 0 Å². The average Bonchev–Trinajstić information content (AvgIpc) is 3.16. The highest BCUT2D eigenvalue weighted by Gasteiger charge is 2.20. The highest BCUT2D eigenvalue weighted by atomic mass is 32.2. The lowest BCUT2D eigenvalue weighted by molar-refractivity contribution is 0.593. The van der Waals surface area contributed by atoms with Gasteiger partial charge in [-0.15, -0.1) is 0 Å². The minimum absolute atomic E-state index is 0.245. The maximum atomic E-state index is 11.3. The summed E-state index contributed by atoms with van der Waals surface area (Å²) in [7, 11) is -2.88. The molecule has 5 heteroatoms. The average molecular weight is 306 g/mol. The molecule has 1 aromatic heterocycles. The summed E-state index contributed by atoms with van der Waals surface area (Å²) in [5, 5.41) is 4.78. The van der Waals surface area contributed by atoms with Crippen molar-refractivity contribution in [3.8, 4) is 0 Å². The number of hydrogen-bond donors (Lipinski definition) is 1. The molecule has 1 N–H and O–H groups in total. The van der Waals surface area contributed by atoms with Gasteiger partial charge in [0.15, 0.2) is 0 Å². The van der Waals surface area contributed by atoms with Crippen LogP contribution in [-0.4, -0.2) is 31.0 Å². The van der Waals surface area contributed by atoms with Crippen LogP contribution >= 0.6 is 0 Å². The molecule has 2 aromatic rings. The van der Waals surface area contributed by atoms with E-state index in [0.29, 0.717) is 12.5 Å². The summed E-state index contributed by atoms with van der Waals surface area (Å²) in [6.45, 7) is 1.63. The zero-order valence-corrected chi connectivity index (χ0v) is 13.2. The number of benzene rings is 1. The van der Waals surface area contributed by atoms with Crippen LogP contribution in [0.2, 0.25) is 0 Å². The standard InChI is InChI=1S/C16H22N2O2S/c1-21(19,20)11-3-9-18-10-8-13-4-2-5-14(16(13)18)12-17-15-6-7-15/h2,4-5,8,10,15,17H,3,6-7,9,11-12H2,1H3. The molecule has 4 nitrogen and oxygen atoms in total. The fourth-order valence-electron chi connectivity index (χ4n) is 2.71. The molecule has 1 heterocycles. The second kappa shape index (κ2) is 5.81. The first-order valence-corrected chi connectivity index (χ1v) is 9.57. The van der Waals surface area contributed by atoms with Crippen LogP contribution in [0, 0.1) is 0 Å². The number of nitrogens with one attached hydrogen (secondary N) is 1. The predicted molar refractivity (Wildman–Crippen MR) is 86.1 cm³/mol. The van der Waals surface area contributed by atoms with Crippen molar-refractivity contribution in [3.05, 3.63) is 36.0 Å². The minimum Gasteiger partial charge on any atom is -0.347 e. The van der Waals surface area contributed by atoms with Gasteiger partial charge in [-0.05, 0) is 36.3 Å². The van der Waals surface area contributed by atoms with E-state index in [-0.39, 0.29) is 5.75 Å². The third kappa shape index (κ3) is 3.86. The molecule has 0 spiro atoms. The lowest BCUT2D eigenvalue weighted by Crippen LogP contribution is -2.16. The number of fused-ring (bicyclic) bond motifs is 1. The van der Waals surface area contributed by atoms with E-state index >= 15 is 0 Å². The SMILES string of the molecule is CS(=O)(=O)CCCn1ccc2cccc(CNC3CC3)c21. The number of aryl methyl sites for hydroxylation is 1. The first-order valence-electron chi connectivity index (χ1n) is 7.51. The molecular formula is C16H22N2O2S. The topological polar surface area (TPSA) is 51.1 Å². The van der Waals surface area contributed by atoms with Crippen LogP contribution in [0.25, 0.3) is 10.9 Å². The van der Waals surface area contributed by atoms with Crippen molar-refractivity contribution in [2.75, 3.05) is 12.0 Å². The molecule has 1 saturated carbocycles. The molecule has 1 aromatic carbocycles. The Hall–Kier alpha value is -1.33.